The summed E-state index contributed by atoms with van der Waals surface area (Å²) >= 11 is 3.26. The Kier molecular flexibility index (Phi) is 5.94. The number of carbonyl (C=O) groups excluding carboxylic acids is 2. The lowest BCUT2D eigenvalue weighted by molar-refractivity contribution is -0.157. The van der Waals surface area contributed by atoms with Crippen LogP contribution in [0.3, 0.4) is 0 Å². The van der Waals surface area contributed by atoms with E-state index in [2.05, 4.69) is 21.2 Å². The average molecular weight is 504 g/mol. The number of nitrogens with zero attached hydrogens (tertiary/aromatic N) is 2. The first kappa shape index (κ1) is 22.6. The predicted molar refractivity (Wildman–Crippen MR) is 121 cm³/mol. The van der Waals surface area contributed by atoms with Crippen LogP contribution in [-0.4, -0.2) is 33.9 Å². The Labute approximate surface area is 194 Å². The molecule has 0 aromatic heterocycles. The highest BCUT2D eigenvalue weighted by Gasteiger charge is 2.50. The number of benzene rings is 2. The van der Waals surface area contributed by atoms with Crippen molar-refractivity contribution in [2.75, 3.05) is 11.9 Å². The summed E-state index contributed by atoms with van der Waals surface area (Å²) in [6.45, 7) is 6.14. The van der Waals surface area contributed by atoms with Crippen molar-refractivity contribution < 1.29 is 18.4 Å². The van der Waals surface area contributed by atoms with Crippen molar-refractivity contribution in [3.63, 3.8) is 0 Å². The molecule has 1 atom stereocenters. The van der Waals surface area contributed by atoms with Crippen LogP contribution in [0, 0.1) is 18.6 Å². The molecule has 1 unspecified atom stereocenters. The fraction of sp³-hybridized carbons (Fsp3) is 0.333. The third-order valence-electron chi connectivity index (χ3n) is 6.54. The van der Waals surface area contributed by atoms with E-state index in [-0.39, 0.29) is 22.3 Å². The predicted octanol–water partition coefficient (Wildman–Crippen LogP) is 5.10. The lowest BCUT2D eigenvalue weighted by atomic mass is 9.84. The Balaban J connectivity index is 1.73. The Morgan fingerprint density at radius 2 is 1.91 bits per heavy atom. The third-order valence-corrected chi connectivity index (χ3v) is 7.43. The molecule has 2 aromatic rings. The summed E-state index contributed by atoms with van der Waals surface area (Å²) in [7, 11) is 0. The Morgan fingerprint density at radius 1 is 1.19 bits per heavy atom. The summed E-state index contributed by atoms with van der Waals surface area (Å²) in [6.07, 6.45) is 1.62. The molecule has 2 aliphatic heterocycles. The summed E-state index contributed by atoms with van der Waals surface area (Å²) in [5, 5.41) is 6.06. The van der Waals surface area contributed by atoms with E-state index in [0.717, 1.165) is 12.8 Å². The van der Waals surface area contributed by atoms with Crippen LogP contribution in [0.4, 0.5) is 14.5 Å². The van der Waals surface area contributed by atoms with Crippen LogP contribution < -0.4 is 5.32 Å². The van der Waals surface area contributed by atoms with Gasteiger partial charge in [-0.3, -0.25) is 14.6 Å². The van der Waals surface area contributed by atoms with Gasteiger partial charge in [-0.05, 0) is 78.4 Å². The fourth-order valence-electron chi connectivity index (χ4n) is 4.57. The van der Waals surface area contributed by atoms with E-state index in [1.165, 1.54) is 17.1 Å². The number of hydrogen-bond acceptors (Lipinski definition) is 3. The number of halogens is 3. The minimum Gasteiger partial charge on any atom is -0.319 e. The largest absolute Gasteiger partial charge is 0.319 e. The zero-order valence-electron chi connectivity index (χ0n) is 18.1. The van der Waals surface area contributed by atoms with Gasteiger partial charge in [0.15, 0.2) is 0 Å². The lowest BCUT2D eigenvalue weighted by Gasteiger charge is -2.48. The van der Waals surface area contributed by atoms with E-state index >= 15 is 0 Å². The summed E-state index contributed by atoms with van der Waals surface area (Å²) in [6, 6.07) is 9.38. The SMILES string of the molecule is CC1=C(C(=O)Nc2cccc(C)c2F)C(=O)N(Cc2cccc(F)c2Br)N2CCCC12C. The van der Waals surface area contributed by atoms with Crippen LogP contribution in [0.1, 0.15) is 37.8 Å². The molecular weight excluding hydrogens is 480 g/mol. The van der Waals surface area contributed by atoms with Gasteiger partial charge in [0.2, 0.25) is 0 Å². The van der Waals surface area contributed by atoms with Gasteiger partial charge in [0.25, 0.3) is 11.8 Å². The molecule has 2 amide bonds. The minimum absolute atomic E-state index is 0.000850. The molecule has 1 saturated heterocycles. The van der Waals surface area contributed by atoms with E-state index in [9.17, 15) is 18.4 Å². The minimum atomic E-state index is -0.645. The summed E-state index contributed by atoms with van der Waals surface area (Å²) in [5.41, 5.74) is 1.14. The molecule has 4 rings (SSSR count). The van der Waals surface area contributed by atoms with E-state index in [1.807, 2.05) is 11.9 Å². The van der Waals surface area contributed by atoms with Gasteiger partial charge in [0, 0.05) is 6.54 Å². The molecule has 2 aromatic carbocycles. The molecule has 2 heterocycles. The Hall–Kier alpha value is -2.58. The second-order valence-corrected chi connectivity index (χ2v) is 9.26. The van der Waals surface area contributed by atoms with Crippen molar-refractivity contribution in [1.82, 2.24) is 10.0 Å². The maximum atomic E-state index is 14.5. The topological polar surface area (TPSA) is 52.7 Å². The number of aryl methyl sites for hydroxylation is 1. The van der Waals surface area contributed by atoms with Crippen molar-refractivity contribution in [1.29, 1.82) is 0 Å². The highest BCUT2D eigenvalue weighted by Crippen LogP contribution is 2.43. The zero-order valence-corrected chi connectivity index (χ0v) is 19.7. The monoisotopic (exact) mass is 503 g/mol. The van der Waals surface area contributed by atoms with E-state index in [4.69, 9.17) is 0 Å². The van der Waals surface area contributed by atoms with Crippen LogP contribution in [0.5, 0.6) is 0 Å². The zero-order chi connectivity index (χ0) is 23.2. The number of nitrogens with one attached hydrogen (secondary N) is 1. The van der Waals surface area contributed by atoms with Crippen LogP contribution in [0.25, 0.3) is 0 Å². The molecule has 1 fully saturated rings. The van der Waals surface area contributed by atoms with E-state index in [1.54, 1.807) is 38.1 Å². The number of hydrogen-bond donors (Lipinski definition) is 1. The molecule has 0 bridgehead atoms. The van der Waals surface area contributed by atoms with Crippen LogP contribution in [0.15, 0.2) is 52.0 Å². The molecule has 8 heteroatoms. The smallest absolute Gasteiger partial charge is 0.274 e. The lowest BCUT2D eigenvalue weighted by Crippen LogP contribution is -2.60. The molecule has 0 spiro atoms. The molecule has 168 valence electrons. The second-order valence-electron chi connectivity index (χ2n) is 8.47. The number of fused-ring (bicyclic) bond motifs is 1. The summed E-state index contributed by atoms with van der Waals surface area (Å²) in [4.78, 5) is 26.8. The number of amides is 2. The van der Waals surface area contributed by atoms with Crippen molar-refractivity contribution in [3.8, 4) is 0 Å². The molecule has 2 aliphatic rings. The standard InChI is InChI=1S/C24H24BrF2N3O2/c1-14-7-4-10-18(21(14)27)28-22(31)19-15(2)24(3)11-6-12-30(24)29(23(19)32)13-16-8-5-9-17(26)20(16)25/h4-5,7-10H,6,11-13H2,1-3H3,(H,28,31). The van der Waals surface area contributed by atoms with Crippen LogP contribution in [0.2, 0.25) is 0 Å². The normalized spacial score (nSPS) is 21.2. The van der Waals surface area contributed by atoms with Crippen molar-refractivity contribution >= 4 is 33.4 Å². The molecule has 0 radical (unpaired) electrons. The average Bonchev–Trinajstić information content (AvgIpc) is 3.15. The summed E-state index contributed by atoms with van der Waals surface area (Å²) in [5.74, 6) is -2.08. The second kappa shape index (κ2) is 8.41. The molecule has 5 nitrogen and oxygen atoms in total. The van der Waals surface area contributed by atoms with E-state index < -0.39 is 29.0 Å². The first-order chi connectivity index (χ1) is 15.1. The van der Waals surface area contributed by atoms with Gasteiger partial charge >= 0.3 is 0 Å². The highest BCUT2D eigenvalue weighted by atomic mass is 79.9. The summed E-state index contributed by atoms with van der Waals surface area (Å²) < 4.78 is 28.9. The number of hydrazine groups is 1. The molecule has 0 saturated carbocycles. The van der Waals surface area contributed by atoms with Crippen LogP contribution >= 0.6 is 15.9 Å². The maximum Gasteiger partial charge on any atom is 0.274 e. The van der Waals surface area contributed by atoms with Gasteiger partial charge in [0.1, 0.15) is 17.2 Å². The van der Waals surface area contributed by atoms with Gasteiger partial charge in [-0.25, -0.2) is 13.8 Å². The third kappa shape index (κ3) is 3.65. The van der Waals surface area contributed by atoms with Gasteiger partial charge < -0.3 is 5.32 Å². The Morgan fingerprint density at radius 3 is 2.66 bits per heavy atom. The highest BCUT2D eigenvalue weighted by molar-refractivity contribution is 9.10. The van der Waals surface area contributed by atoms with Crippen molar-refractivity contribution in [2.24, 2.45) is 0 Å². The Bertz CT molecular complexity index is 1150. The van der Waals surface area contributed by atoms with Gasteiger partial charge in [0.05, 0.1) is 22.2 Å². The fourth-order valence-corrected chi connectivity index (χ4v) is 4.96. The first-order valence-electron chi connectivity index (χ1n) is 10.5. The van der Waals surface area contributed by atoms with Crippen molar-refractivity contribution in [3.05, 3.63) is 74.8 Å². The van der Waals surface area contributed by atoms with Gasteiger partial charge in [-0.15, -0.1) is 0 Å². The molecule has 32 heavy (non-hydrogen) atoms. The van der Waals surface area contributed by atoms with E-state index in [0.29, 0.717) is 23.2 Å². The number of carbonyl (C=O) groups is 2. The molecular formula is C24H24BrF2N3O2. The van der Waals surface area contributed by atoms with Gasteiger partial charge in [-0.2, -0.15) is 0 Å². The maximum absolute atomic E-state index is 14.5. The number of rotatable bonds is 4. The molecule has 0 aliphatic carbocycles. The quantitative estimate of drug-likeness (QED) is 0.590. The van der Waals surface area contributed by atoms with Crippen LogP contribution in [-0.2, 0) is 16.1 Å². The van der Waals surface area contributed by atoms with Crippen molar-refractivity contribution in [2.45, 2.75) is 45.7 Å². The first-order valence-corrected chi connectivity index (χ1v) is 11.2. The molecule has 1 N–H and O–H groups in total. The number of anilines is 1. The van der Waals surface area contributed by atoms with Gasteiger partial charge in [-0.1, -0.05) is 24.3 Å².